The van der Waals surface area contributed by atoms with Gasteiger partial charge in [0.15, 0.2) is 0 Å². The molecule has 0 amide bonds. The monoisotopic (exact) mass is 886 g/mol. The predicted molar refractivity (Wildman–Crippen MR) is 245 cm³/mol. The van der Waals surface area contributed by atoms with Gasteiger partial charge in [-0.3, -0.25) is 0 Å². The fourth-order valence-electron chi connectivity index (χ4n) is 9.35. The van der Waals surface area contributed by atoms with Crippen LogP contribution in [0.4, 0.5) is 13.2 Å². The molecular weight excluding hydrogens is 808 g/mol. The van der Waals surface area contributed by atoms with Gasteiger partial charge in [0, 0.05) is 90.2 Å². The van der Waals surface area contributed by atoms with E-state index in [-0.39, 0.29) is 35.4 Å². The van der Waals surface area contributed by atoms with Crippen LogP contribution in [0.1, 0.15) is 113 Å². The third kappa shape index (κ3) is 17.4. The van der Waals surface area contributed by atoms with E-state index in [2.05, 4.69) is 16.0 Å². The second kappa shape index (κ2) is 29.6. The summed E-state index contributed by atoms with van der Waals surface area (Å²) in [4.78, 5) is 0. The summed E-state index contributed by atoms with van der Waals surface area (Å²) in [6.45, 7) is 11.0. The molecule has 3 aliphatic heterocycles. The minimum atomic E-state index is -1.09. The van der Waals surface area contributed by atoms with Crippen molar-refractivity contribution >= 4 is 0 Å². The van der Waals surface area contributed by atoms with E-state index in [1.54, 1.807) is 50.6 Å². The van der Waals surface area contributed by atoms with Crippen molar-refractivity contribution in [3.8, 4) is 0 Å². The van der Waals surface area contributed by atoms with Crippen molar-refractivity contribution in [2.75, 3.05) is 86.5 Å². The summed E-state index contributed by atoms with van der Waals surface area (Å²) in [5, 5.41) is 32.6. The first kappa shape index (κ1) is 52.7. The second-order valence-corrected chi connectivity index (χ2v) is 17.3. The lowest BCUT2D eigenvalue weighted by molar-refractivity contribution is -0.0461. The van der Waals surface area contributed by atoms with Crippen LogP contribution >= 0.6 is 0 Å². The lowest BCUT2D eigenvalue weighted by Crippen LogP contribution is -2.44. The third-order valence-electron chi connectivity index (χ3n) is 12.8. The second-order valence-electron chi connectivity index (χ2n) is 17.3. The summed E-state index contributed by atoms with van der Waals surface area (Å²) in [6, 6.07) is 19.9. The van der Waals surface area contributed by atoms with Crippen molar-refractivity contribution in [3.63, 3.8) is 0 Å². The van der Waals surface area contributed by atoms with E-state index in [0.717, 1.165) is 129 Å². The molecule has 0 spiro atoms. The molecule has 3 aliphatic rings. The Kier molecular flexibility index (Phi) is 24.8. The number of ether oxygens (including phenoxy) is 4. The van der Waals surface area contributed by atoms with Gasteiger partial charge in [-0.15, -0.1) is 0 Å². The number of aliphatic hydroxyl groups is 2. The molecule has 6 atom stereocenters. The lowest BCUT2D eigenvalue weighted by atomic mass is 9.74. The topological polar surface area (TPSA) is 113 Å². The van der Waals surface area contributed by atoms with Crippen LogP contribution in [0, 0.1) is 35.2 Å². The smallest absolute Gasteiger partial charge is 0.129 e. The van der Waals surface area contributed by atoms with Gasteiger partial charge in [-0.25, -0.2) is 13.2 Å². The molecule has 0 bridgehead atoms. The fraction of sp³-hybridized carbons (Fsp3) is 0.647. The van der Waals surface area contributed by atoms with E-state index in [0.29, 0.717) is 49.7 Å². The highest BCUT2D eigenvalue weighted by Crippen LogP contribution is 2.40. The van der Waals surface area contributed by atoms with Gasteiger partial charge in [-0.2, -0.15) is 0 Å². The first-order chi connectivity index (χ1) is 30.7. The summed E-state index contributed by atoms with van der Waals surface area (Å²) >= 11 is 0. The SMILES string of the molecule is CCOCCCO[C@@H](c1cccc(F)c1)[C@@H]1CCCNC1.COCCCC[C@@](O)(c1cccc(F)c1)[C@@H]1CCCNC1.COCCCC[C@@](O)(c1ccccc1F)[C@@H]1CCCNC1. The molecule has 12 heteroatoms. The lowest BCUT2D eigenvalue weighted by Gasteiger charge is -2.39. The Morgan fingerprint density at radius 2 is 1.22 bits per heavy atom. The van der Waals surface area contributed by atoms with Gasteiger partial charge in [0.2, 0.25) is 0 Å². The largest absolute Gasteiger partial charge is 0.385 e. The Morgan fingerprint density at radius 3 is 1.78 bits per heavy atom. The number of halogens is 3. The maximum absolute atomic E-state index is 14.2. The summed E-state index contributed by atoms with van der Waals surface area (Å²) in [5.74, 6) is -0.183. The standard InChI is InChI=1S/3C17H26FNO2/c1-21-11-3-2-9-17(20,15-7-5-10-19-13-15)14-6-4-8-16(18)12-14;1-21-12-5-4-10-17(20,14-7-6-11-19-13-14)15-8-2-3-9-16(15)18;1-2-20-10-5-11-21-17(15-7-4-9-19-13-15)14-6-3-8-16(18)12-14/h4,6,8,12,15,19-20H,2-3,5,7,9-11,13H2,1H3;2-3,8-9,14,19-20H,4-7,10-13H2,1H3;3,6,8,12,15,17,19H,2,4-5,7,9-11,13H2,1H3/t15-,17-;14-,17+;15-,17+/m111/s1. The van der Waals surface area contributed by atoms with Gasteiger partial charge < -0.3 is 45.1 Å². The summed E-state index contributed by atoms with van der Waals surface area (Å²) in [6.07, 6.45) is 11.8. The number of unbranched alkanes of at least 4 members (excludes halogenated alkanes) is 2. The van der Waals surface area contributed by atoms with Gasteiger partial charge in [-0.1, -0.05) is 42.5 Å². The van der Waals surface area contributed by atoms with Crippen LogP contribution in [0.25, 0.3) is 0 Å². The Bertz CT molecular complexity index is 1660. The van der Waals surface area contributed by atoms with Crippen molar-refractivity contribution in [2.24, 2.45) is 17.8 Å². The van der Waals surface area contributed by atoms with Crippen LogP contribution in [0.2, 0.25) is 0 Å². The van der Waals surface area contributed by atoms with E-state index >= 15 is 0 Å². The number of hydrogen-bond acceptors (Lipinski definition) is 9. The zero-order valence-corrected chi connectivity index (χ0v) is 38.4. The molecule has 0 radical (unpaired) electrons. The number of methoxy groups -OCH3 is 2. The molecule has 0 aliphatic carbocycles. The number of hydrogen-bond donors (Lipinski definition) is 5. The van der Waals surface area contributed by atoms with Gasteiger partial charge in [0.1, 0.15) is 17.5 Å². The van der Waals surface area contributed by atoms with Crippen molar-refractivity contribution < 1.29 is 42.3 Å². The van der Waals surface area contributed by atoms with Crippen LogP contribution in [-0.4, -0.2) is 96.7 Å². The van der Waals surface area contributed by atoms with Gasteiger partial charge in [0.05, 0.1) is 17.3 Å². The highest BCUT2D eigenvalue weighted by molar-refractivity contribution is 5.26. The molecule has 9 nitrogen and oxygen atoms in total. The molecule has 354 valence electrons. The summed E-state index contributed by atoms with van der Waals surface area (Å²) < 4.78 is 62.8. The molecule has 3 aromatic carbocycles. The molecule has 3 saturated heterocycles. The molecule has 0 aromatic heterocycles. The van der Waals surface area contributed by atoms with Crippen molar-refractivity contribution in [1.29, 1.82) is 0 Å². The van der Waals surface area contributed by atoms with Gasteiger partial charge in [-0.05, 0) is 151 Å². The third-order valence-corrected chi connectivity index (χ3v) is 12.8. The first-order valence-corrected chi connectivity index (χ1v) is 23.7. The number of rotatable bonds is 22. The predicted octanol–water partition coefficient (Wildman–Crippen LogP) is 8.97. The average Bonchev–Trinajstić information content (AvgIpc) is 3.32. The summed E-state index contributed by atoms with van der Waals surface area (Å²) in [5.41, 5.74) is 0.0420. The molecule has 3 aromatic rings. The molecule has 0 saturated carbocycles. The minimum Gasteiger partial charge on any atom is -0.385 e. The van der Waals surface area contributed by atoms with Crippen LogP contribution in [0.15, 0.2) is 72.8 Å². The van der Waals surface area contributed by atoms with Gasteiger partial charge >= 0.3 is 0 Å². The van der Waals surface area contributed by atoms with E-state index < -0.39 is 11.2 Å². The van der Waals surface area contributed by atoms with Gasteiger partial charge in [0.25, 0.3) is 0 Å². The van der Waals surface area contributed by atoms with Crippen molar-refractivity contribution in [3.05, 3.63) is 107 Å². The Labute approximate surface area is 376 Å². The number of piperidine rings is 3. The minimum absolute atomic E-state index is 0.0323. The quantitative estimate of drug-likeness (QED) is 0.0632. The van der Waals surface area contributed by atoms with E-state index in [4.69, 9.17) is 18.9 Å². The summed E-state index contributed by atoms with van der Waals surface area (Å²) in [7, 11) is 3.36. The van der Waals surface area contributed by atoms with Crippen molar-refractivity contribution in [1.82, 2.24) is 16.0 Å². The molecule has 3 fully saturated rings. The maximum atomic E-state index is 14.2. The van der Waals surface area contributed by atoms with E-state index in [1.807, 2.05) is 19.1 Å². The average molecular weight is 886 g/mol. The molecule has 6 rings (SSSR count). The number of nitrogens with one attached hydrogen (secondary N) is 3. The zero-order valence-electron chi connectivity index (χ0n) is 38.4. The van der Waals surface area contributed by atoms with Crippen LogP contribution in [0.5, 0.6) is 0 Å². The van der Waals surface area contributed by atoms with E-state index in [1.165, 1.54) is 24.3 Å². The zero-order chi connectivity index (χ0) is 45.2. The normalized spacial score (nSPS) is 21.4. The first-order valence-electron chi connectivity index (χ1n) is 23.7. The molecular formula is C51H78F3N3O6. The maximum Gasteiger partial charge on any atom is 0.129 e. The molecule has 63 heavy (non-hydrogen) atoms. The van der Waals surface area contributed by atoms with E-state index in [9.17, 15) is 23.4 Å². The van der Waals surface area contributed by atoms with Crippen LogP contribution in [-0.2, 0) is 30.1 Å². The Morgan fingerprint density at radius 1 is 0.635 bits per heavy atom. The van der Waals surface area contributed by atoms with Crippen LogP contribution in [0.3, 0.4) is 0 Å². The highest BCUT2D eigenvalue weighted by Gasteiger charge is 2.41. The Balaban J connectivity index is 0.000000207. The molecule has 3 heterocycles. The molecule has 0 unspecified atom stereocenters. The van der Waals surface area contributed by atoms with Crippen molar-refractivity contribution in [2.45, 2.75) is 108 Å². The number of benzene rings is 3. The fourth-order valence-corrected chi connectivity index (χ4v) is 9.35. The van der Waals surface area contributed by atoms with Crippen LogP contribution < -0.4 is 16.0 Å². The molecule has 5 N–H and O–H groups in total. The Hall–Kier alpha value is -2.91. The highest BCUT2D eigenvalue weighted by atomic mass is 19.1.